The highest BCUT2D eigenvalue weighted by molar-refractivity contribution is 7.89. The highest BCUT2D eigenvalue weighted by Crippen LogP contribution is 2.23. The number of nitrogens with one attached hydrogen (secondary N) is 1. The minimum Gasteiger partial charge on any atom is -0.454 e. The molecule has 2 rings (SSSR count). The van der Waals surface area contributed by atoms with Gasteiger partial charge in [-0.3, -0.25) is 9.59 Å². The zero-order valence-corrected chi connectivity index (χ0v) is 15.6. The Morgan fingerprint density at radius 2 is 2.12 bits per heavy atom. The maximum absolute atomic E-state index is 13.5. The van der Waals surface area contributed by atoms with Gasteiger partial charge in [-0.1, -0.05) is 13.0 Å². The van der Waals surface area contributed by atoms with Crippen molar-refractivity contribution >= 4 is 27.6 Å². The third-order valence-corrected chi connectivity index (χ3v) is 6.17. The smallest absolute Gasteiger partial charge is 0.324 e. The number of carbonyl (C=O) groups is 2. The van der Waals surface area contributed by atoms with Gasteiger partial charge in [0, 0.05) is 12.2 Å². The van der Waals surface area contributed by atoms with Crippen LogP contribution in [0.4, 0.5) is 10.1 Å². The summed E-state index contributed by atoms with van der Waals surface area (Å²) in [5.74, 6) is -1.85. The second-order valence-corrected chi connectivity index (χ2v) is 8.25. The van der Waals surface area contributed by atoms with Crippen LogP contribution in [0, 0.1) is 12.7 Å². The molecular weight excluding hydrogens is 363 g/mol. The summed E-state index contributed by atoms with van der Waals surface area (Å²) in [6, 6.07) is 3.33. The lowest BCUT2D eigenvalue weighted by atomic mass is 10.2. The fourth-order valence-corrected chi connectivity index (χ4v) is 4.52. The Kier molecular flexibility index (Phi) is 6.71. The van der Waals surface area contributed by atoms with E-state index < -0.39 is 40.4 Å². The molecular formula is C17H23FN2O5S. The first-order valence-electron chi connectivity index (χ1n) is 8.46. The molecule has 1 atom stereocenters. The Labute approximate surface area is 152 Å². The van der Waals surface area contributed by atoms with E-state index in [4.69, 9.17) is 4.74 Å². The summed E-state index contributed by atoms with van der Waals surface area (Å²) in [6.07, 6.45) is 1.39. The van der Waals surface area contributed by atoms with Gasteiger partial charge in [-0.05, 0) is 43.9 Å². The normalized spacial score (nSPS) is 17.9. The number of hydrogen-bond acceptors (Lipinski definition) is 5. The first-order valence-corrected chi connectivity index (χ1v) is 10.1. The topological polar surface area (TPSA) is 92.8 Å². The molecule has 1 fully saturated rings. The number of sulfonamides is 1. The van der Waals surface area contributed by atoms with E-state index in [9.17, 15) is 22.4 Å². The minimum atomic E-state index is -3.51. The van der Waals surface area contributed by atoms with Crippen LogP contribution in [0.25, 0.3) is 0 Å². The van der Waals surface area contributed by atoms with Crippen molar-refractivity contribution in [1.29, 1.82) is 0 Å². The molecule has 1 amide bonds. The van der Waals surface area contributed by atoms with Crippen LogP contribution in [-0.2, 0) is 24.3 Å². The molecule has 7 nitrogen and oxygen atoms in total. The maximum atomic E-state index is 13.5. The molecule has 0 radical (unpaired) electrons. The fraction of sp³-hybridized carbons (Fsp3) is 0.529. The zero-order valence-electron chi connectivity index (χ0n) is 14.8. The number of esters is 1. The Morgan fingerprint density at radius 1 is 1.38 bits per heavy atom. The van der Waals surface area contributed by atoms with E-state index >= 15 is 0 Å². The van der Waals surface area contributed by atoms with Crippen molar-refractivity contribution in [3.8, 4) is 0 Å². The molecule has 1 aliphatic rings. The van der Waals surface area contributed by atoms with Crippen LogP contribution in [-0.4, -0.2) is 49.5 Å². The fourth-order valence-electron chi connectivity index (χ4n) is 2.78. The molecule has 1 unspecified atom stereocenters. The second-order valence-electron chi connectivity index (χ2n) is 6.20. The average molecular weight is 386 g/mol. The van der Waals surface area contributed by atoms with Crippen LogP contribution in [0.2, 0.25) is 0 Å². The summed E-state index contributed by atoms with van der Waals surface area (Å²) < 4.78 is 44.0. The summed E-state index contributed by atoms with van der Waals surface area (Å²) >= 11 is 0. The molecule has 0 spiro atoms. The van der Waals surface area contributed by atoms with Gasteiger partial charge >= 0.3 is 5.97 Å². The largest absolute Gasteiger partial charge is 0.454 e. The lowest BCUT2D eigenvalue weighted by Crippen LogP contribution is -2.43. The van der Waals surface area contributed by atoms with Crippen LogP contribution in [0.5, 0.6) is 0 Å². The van der Waals surface area contributed by atoms with E-state index in [2.05, 4.69) is 5.32 Å². The molecule has 0 aromatic heterocycles. The monoisotopic (exact) mass is 386 g/mol. The Hall–Kier alpha value is -2.00. The second kappa shape index (κ2) is 8.59. The standard InChI is InChI=1S/C17H23FN2O5S/c1-3-9-26(23,24)20-8-4-5-15(20)17(22)25-11-16(21)19-13-7-6-12(2)14(18)10-13/h6-7,10,15H,3-5,8-9,11H2,1-2H3,(H,19,21). The van der Waals surface area contributed by atoms with Gasteiger partial charge in [-0.15, -0.1) is 0 Å². The number of ether oxygens (including phenoxy) is 1. The third-order valence-electron chi connectivity index (χ3n) is 4.10. The van der Waals surface area contributed by atoms with Gasteiger partial charge in [0.15, 0.2) is 6.61 Å². The van der Waals surface area contributed by atoms with E-state index in [0.717, 1.165) is 4.31 Å². The molecule has 1 N–H and O–H groups in total. The summed E-state index contributed by atoms with van der Waals surface area (Å²) in [5.41, 5.74) is 0.700. The van der Waals surface area contributed by atoms with Gasteiger partial charge in [0.05, 0.1) is 5.75 Å². The molecule has 0 saturated carbocycles. The predicted octanol–water partition coefficient (Wildman–Crippen LogP) is 1.82. The Bertz CT molecular complexity index is 781. The molecule has 0 bridgehead atoms. The minimum absolute atomic E-state index is 0.0315. The number of rotatable bonds is 7. The Balaban J connectivity index is 1.91. The van der Waals surface area contributed by atoms with Crippen molar-refractivity contribution in [2.75, 3.05) is 24.2 Å². The van der Waals surface area contributed by atoms with Gasteiger partial charge in [-0.25, -0.2) is 12.8 Å². The number of hydrogen-bond donors (Lipinski definition) is 1. The maximum Gasteiger partial charge on any atom is 0.324 e. The number of halogens is 1. The molecule has 26 heavy (non-hydrogen) atoms. The van der Waals surface area contributed by atoms with Crippen LogP contribution in [0.1, 0.15) is 31.7 Å². The van der Waals surface area contributed by atoms with Crippen LogP contribution in [0.15, 0.2) is 18.2 Å². The van der Waals surface area contributed by atoms with Crippen molar-refractivity contribution in [2.45, 2.75) is 39.2 Å². The number of amides is 1. The number of anilines is 1. The molecule has 1 aromatic carbocycles. The number of aryl methyl sites for hydroxylation is 1. The van der Waals surface area contributed by atoms with Gasteiger partial charge in [0.25, 0.3) is 5.91 Å². The number of nitrogens with zero attached hydrogens (tertiary/aromatic N) is 1. The molecule has 1 saturated heterocycles. The highest BCUT2D eigenvalue weighted by atomic mass is 32.2. The first-order chi connectivity index (χ1) is 12.2. The van der Waals surface area contributed by atoms with E-state index in [1.807, 2.05) is 0 Å². The molecule has 9 heteroatoms. The SMILES string of the molecule is CCCS(=O)(=O)N1CCCC1C(=O)OCC(=O)Nc1ccc(C)c(F)c1. The van der Waals surface area contributed by atoms with Gasteiger partial charge < -0.3 is 10.1 Å². The van der Waals surface area contributed by atoms with E-state index in [1.54, 1.807) is 13.8 Å². The van der Waals surface area contributed by atoms with E-state index in [0.29, 0.717) is 24.8 Å². The predicted molar refractivity (Wildman–Crippen MR) is 94.5 cm³/mol. The van der Waals surface area contributed by atoms with Crippen LogP contribution < -0.4 is 5.32 Å². The van der Waals surface area contributed by atoms with Gasteiger partial charge in [0.2, 0.25) is 10.0 Å². The third kappa shape index (κ3) is 5.01. The summed E-state index contributed by atoms with van der Waals surface area (Å²) in [4.78, 5) is 24.1. The molecule has 0 aliphatic carbocycles. The molecule has 1 heterocycles. The molecule has 144 valence electrons. The summed E-state index contributed by atoms with van der Waals surface area (Å²) in [7, 11) is -3.51. The lowest BCUT2D eigenvalue weighted by molar-refractivity contribution is -0.150. The highest BCUT2D eigenvalue weighted by Gasteiger charge is 2.39. The van der Waals surface area contributed by atoms with Crippen LogP contribution >= 0.6 is 0 Å². The molecule has 1 aromatic rings. The van der Waals surface area contributed by atoms with E-state index in [-0.39, 0.29) is 18.0 Å². The van der Waals surface area contributed by atoms with Crippen LogP contribution in [0.3, 0.4) is 0 Å². The van der Waals surface area contributed by atoms with Crippen molar-refractivity contribution in [3.05, 3.63) is 29.6 Å². The lowest BCUT2D eigenvalue weighted by Gasteiger charge is -2.22. The van der Waals surface area contributed by atoms with E-state index in [1.165, 1.54) is 18.2 Å². The van der Waals surface area contributed by atoms with Crippen molar-refractivity contribution in [2.24, 2.45) is 0 Å². The summed E-state index contributed by atoms with van der Waals surface area (Å²) in [6.45, 7) is 3.06. The Morgan fingerprint density at radius 3 is 2.77 bits per heavy atom. The number of carbonyl (C=O) groups excluding carboxylic acids is 2. The summed E-state index contributed by atoms with van der Waals surface area (Å²) in [5, 5.41) is 2.43. The van der Waals surface area contributed by atoms with Crippen molar-refractivity contribution in [3.63, 3.8) is 0 Å². The zero-order chi connectivity index (χ0) is 19.3. The van der Waals surface area contributed by atoms with Gasteiger partial charge in [-0.2, -0.15) is 4.31 Å². The number of benzene rings is 1. The average Bonchev–Trinajstić information content (AvgIpc) is 3.07. The first kappa shape index (κ1) is 20.3. The molecule has 1 aliphatic heterocycles. The van der Waals surface area contributed by atoms with Crippen molar-refractivity contribution in [1.82, 2.24) is 4.31 Å². The van der Waals surface area contributed by atoms with Crippen molar-refractivity contribution < 1.29 is 27.1 Å². The van der Waals surface area contributed by atoms with Gasteiger partial charge in [0.1, 0.15) is 11.9 Å². The quantitative estimate of drug-likeness (QED) is 0.722.